The molecule has 0 saturated carbocycles. The molecule has 0 heterocycles. The van der Waals surface area contributed by atoms with E-state index in [9.17, 15) is 13.9 Å². The summed E-state index contributed by atoms with van der Waals surface area (Å²) in [7, 11) is -7.02. The van der Waals surface area contributed by atoms with E-state index in [1.165, 1.54) is 0 Å². The highest BCUT2D eigenvalue weighted by molar-refractivity contribution is 7.54. The van der Waals surface area contributed by atoms with Crippen molar-refractivity contribution in [1.29, 1.82) is 0 Å². The predicted molar refractivity (Wildman–Crippen MR) is 136 cm³/mol. The molecule has 34 heavy (non-hydrogen) atoms. The van der Waals surface area contributed by atoms with Crippen LogP contribution in [0.2, 0.25) is 0 Å². The molecule has 0 aromatic rings. The van der Waals surface area contributed by atoms with Crippen molar-refractivity contribution >= 4 is 21.2 Å². The number of hydrogen-bond donors (Lipinski definition) is 0. The van der Waals surface area contributed by atoms with Crippen LogP contribution in [0.1, 0.15) is 94.9 Å². The standard InChI is InChI=1S/C23H49NO8P2/c1-18(2)28-23(25)14-12-11-13-15-24(16-33(26,29-19(3)4)30-20(5)6)17-34(27,31-21(7)8)32-22(9)10/h18-22H,11-17H2,1-10H3. The van der Waals surface area contributed by atoms with Crippen molar-refractivity contribution in [2.24, 2.45) is 0 Å². The van der Waals surface area contributed by atoms with Crippen LogP contribution in [0.3, 0.4) is 0 Å². The molecule has 0 spiro atoms. The highest BCUT2D eigenvalue weighted by Gasteiger charge is 2.36. The van der Waals surface area contributed by atoms with Gasteiger partial charge in [0.1, 0.15) is 12.6 Å². The number of esters is 1. The summed E-state index contributed by atoms with van der Waals surface area (Å²) >= 11 is 0. The number of hydrogen-bond acceptors (Lipinski definition) is 9. The van der Waals surface area contributed by atoms with Crippen molar-refractivity contribution in [3.8, 4) is 0 Å². The molecule has 0 bridgehead atoms. The first-order chi connectivity index (χ1) is 15.6. The Hall–Kier alpha value is -0.270. The van der Waals surface area contributed by atoms with Gasteiger partial charge in [0, 0.05) is 6.42 Å². The first-order valence-electron chi connectivity index (χ1n) is 12.4. The molecule has 0 N–H and O–H groups in total. The fourth-order valence-corrected chi connectivity index (χ4v) is 7.80. The SMILES string of the molecule is CC(C)OC(=O)CCCCCN(CP(=O)(OC(C)C)OC(C)C)CP(=O)(OC(C)C)OC(C)C. The third-order valence-corrected chi connectivity index (χ3v) is 8.42. The van der Waals surface area contributed by atoms with Gasteiger partial charge in [0.15, 0.2) is 0 Å². The first kappa shape index (κ1) is 33.7. The molecule has 11 heteroatoms. The van der Waals surface area contributed by atoms with Crippen molar-refractivity contribution in [2.75, 3.05) is 19.1 Å². The molecule has 0 amide bonds. The lowest BCUT2D eigenvalue weighted by Crippen LogP contribution is -2.31. The van der Waals surface area contributed by atoms with Gasteiger partial charge in [-0.3, -0.25) is 18.8 Å². The van der Waals surface area contributed by atoms with Crippen LogP contribution in [0, 0.1) is 0 Å². The summed E-state index contributed by atoms with van der Waals surface area (Å²) < 4.78 is 55.1. The number of unbranched alkanes of at least 4 members (excludes halogenated alkanes) is 2. The van der Waals surface area contributed by atoms with Crippen LogP contribution >= 0.6 is 15.2 Å². The molecule has 0 aliphatic rings. The Bertz CT molecular complexity index is 599. The lowest BCUT2D eigenvalue weighted by atomic mass is 10.2. The van der Waals surface area contributed by atoms with Crippen LogP contribution in [0.25, 0.3) is 0 Å². The summed E-state index contributed by atoms with van der Waals surface area (Å²) in [4.78, 5) is 13.5. The molecule has 0 aliphatic carbocycles. The van der Waals surface area contributed by atoms with Gasteiger partial charge in [0.25, 0.3) is 0 Å². The Morgan fingerprint density at radius 2 is 1.00 bits per heavy atom. The Kier molecular flexibility index (Phi) is 16.3. The smallest absolute Gasteiger partial charge is 0.345 e. The van der Waals surface area contributed by atoms with Crippen LogP contribution in [0.15, 0.2) is 0 Å². The molecule has 204 valence electrons. The van der Waals surface area contributed by atoms with E-state index in [1.54, 1.807) is 60.3 Å². The minimum absolute atomic E-state index is 0.0361. The monoisotopic (exact) mass is 529 g/mol. The zero-order valence-electron chi connectivity index (χ0n) is 22.9. The van der Waals surface area contributed by atoms with Crippen molar-refractivity contribution in [2.45, 2.75) is 125 Å². The summed E-state index contributed by atoms with van der Waals surface area (Å²) in [6.07, 6.45) is 1.06. The summed E-state index contributed by atoms with van der Waals surface area (Å²) in [5.74, 6) is -0.216. The Balaban J connectivity index is 5.45. The lowest BCUT2D eigenvalue weighted by molar-refractivity contribution is -0.147. The summed E-state index contributed by atoms with van der Waals surface area (Å²) in [5.41, 5.74) is 0. The van der Waals surface area contributed by atoms with Crippen molar-refractivity contribution in [3.63, 3.8) is 0 Å². The molecule has 9 nitrogen and oxygen atoms in total. The molecule has 0 aliphatic heterocycles. The van der Waals surface area contributed by atoms with Crippen molar-refractivity contribution < 1.29 is 36.8 Å². The fraction of sp³-hybridized carbons (Fsp3) is 0.957. The molecule has 0 atom stereocenters. The number of carbonyl (C=O) groups excluding carboxylic acids is 1. The molecule has 0 rings (SSSR count). The van der Waals surface area contributed by atoms with E-state index < -0.39 is 15.2 Å². The van der Waals surface area contributed by atoms with E-state index in [0.717, 1.165) is 6.42 Å². The van der Waals surface area contributed by atoms with Gasteiger partial charge in [0.05, 0.1) is 30.5 Å². The Morgan fingerprint density at radius 1 is 0.618 bits per heavy atom. The second-order valence-electron chi connectivity index (χ2n) is 9.87. The zero-order chi connectivity index (χ0) is 26.5. The molecule has 0 saturated heterocycles. The van der Waals surface area contributed by atoms with Crippen LogP contribution in [-0.4, -0.2) is 60.5 Å². The van der Waals surface area contributed by atoms with Crippen molar-refractivity contribution in [1.82, 2.24) is 4.90 Å². The number of carbonyl (C=O) groups is 1. The predicted octanol–water partition coefficient (Wildman–Crippen LogP) is 6.80. The average molecular weight is 530 g/mol. The van der Waals surface area contributed by atoms with E-state index in [-0.39, 0.29) is 49.1 Å². The first-order valence-corrected chi connectivity index (χ1v) is 15.8. The molecular formula is C23H49NO8P2. The molecule has 0 unspecified atom stereocenters. The van der Waals surface area contributed by atoms with E-state index in [0.29, 0.717) is 25.8 Å². The maximum Gasteiger partial charge on any atom is 0.345 e. The molecular weight excluding hydrogens is 480 g/mol. The van der Waals surface area contributed by atoms with Gasteiger partial charge in [0.2, 0.25) is 0 Å². The molecule has 0 aromatic heterocycles. The summed E-state index contributed by atoms with van der Waals surface area (Å²) in [6.45, 7) is 18.5. The van der Waals surface area contributed by atoms with Gasteiger partial charge < -0.3 is 22.8 Å². The fourth-order valence-electron chi connectivity index (χ4n) is 3.25. The van der Waals surface area contributed by atoms with Crippen LogP contribution in [0.4, 0.5) is 0 Å². The number of ether oxygens (including phenoxy) is 1. The highest BCUT2D eigenvalue weighted by Crippen LogP contribution is 2.55. The van der Waals surface area contributed by atoms with Gasteiger partial charge in [-0.25, -0.2) is 0 Å². The van der Waals surface area contributed by atoms with Crippen LogP contribution in [0.5, 0.6) is 0 Å². The largest absolute Gasteiger partial charge is 0.463 e. The Morgan fingerprint density at radius 3 is 1.32 bits per heavy atom. The third kappa shape index (κ3) is 17.2. The summed E-state index contributed by atoms with van der Waals surface area (Å²) in [5, 5.41) is 0. The van der Waals surface area contributed by atoms with Gasteiger partial charge in [-0.2, -0.15) is 0 Å². The van der Waals surface area contributed by atoms with E-state index in [1.807, 2.05) is 13.8 Å². The third-order valence-electron chi connectivity index (χ3n) is 3.95. The number of rotatable bonds is 19. The molecule has 0 aromatic carbocycles. The van der Waals surface area contributed by atoms with Crippen molar-refractivity contribution in [3.05, 3.63) is 0 Å². The summed E-state index contributed by atoms with van der Waals surface area (Å²) in [6, 6.07) is 0. The average Bonchev–Trinajstić information content (AvgIpc) is 2.56. The van der Waals surface area contributed by atoms with Crippen LogP contribution in [-0.2, 0) is 36.8 Å². The highest BCUT2D eigenvalue weighted by atomic mass is 31.2. The maximum atomic E-state index is 13.5. The molecule has 0 radical (unpaired) electrons. The normalized spacial score (nSPS) is 13.3. The maximum absolute atomic E-state index is 13.5. The van der Waals surface area contributed by atoms with Gasteiger partial charge in [-0.05, 0) is 88.6 Å². The van der Waals surface area contributed by atoms with Gasteiger partial charge in [-0.1, -0.05) is 6.42 Å². The minimum atomic E-state index is -3.51. The topological polar surface area (TPSA) is 101 Å². The van der Waals surface area contributed by atoms with Gasteiger partial charge >= 0.3 is 21.2 Å². The van der Waals surface area contributed by atoms with Crippen LogP contribution < -0.4 is 0 Å². The number of nitrogens with zero attached hydrogens (tertiary/aromatic N) is 1. The van der Waals surface area contributed by atoms with E-state index in [2.05, 4.69) is 0 Å². The second-order valence-corrected chi connectivity index (χ2v) is 13.7. The second kappa shape index (κ2) is 16.5. The van der Waals surface area contributed by atoms with E-state index in [4.69, 9.17) is 22.8 Å². The quantitative estimate of drug-likeness (QED) is 0.102. The zero-order valence-corrected chi connectivity index (χ0v) is 24.7. The van der Waals surface area contributed by atoms with Gasteiger partial charge in [-0.15, -0.1) is 0 Å². The Labute approximate surface area is 207 Å². The minimum Gasteiger partial charge on any atom is -0.463 e. The molecule has 0 fully saturated rings. The van der Waals surface area contributed by atoms with E-state index >= 15 is 0 Å². The lowest BCUT2D eigenvalue weighted by Gasteiger charge is -2.32.